The SMILES string of the molecule is C=CCCC=C.C=N/C(=C\C(=NCC)c1ccccc1)c1cccc2c1Sc1ccccc1C21c2ccccc2-n2c3ccccc3c3cccc1c32.CC. The molecule has 0 aliphatic carbocycles. The Morgan fingerprint density at radius 1 is 0.673 bits per heavy atom. The Labute approximate surface area is 330 Å². The monoisotopic (exact) mass is 733 g/mol. The molecule has 272 valence electrons. The van der Waals surface area contributed by atoms with Crippen LogP contribution in [0, 0.1) is 0 Å². The normalized spacial score (nSPS) is 15.1. The molecule has 0 N–H and O–H groups in total. The minimum absolute atomic E-state index is 0.542. The number of rotatable bonds is 8. The molecule has 1 spiro atoms. The van der Waals surface area contributed by atoms with Gasteiger partial charge in [-0.3, -0.25) is 9.98 Å². The zero-order valence-electron chi connectivity index (χ0n) is 32.0. The van der Waals surface area contributed by atoms with E-state index in [0.717, 1.165) is 35.4 Å². The maximum absolute atomic E-state index is 4.88. The van der Waals surface area contributed by atoms with Gasteiger partial charge in [-0.2, -0.15) is 0 Å². The lowest BCUT2D eigenvalue weighted by Crippen LogP contribution is -2.38. The summed E-state index contributed by atoms with van der Waals surface area (Å²) in [6.07, 6.45) is 8.00. The lowest BCUT2D eigenvalue weighted by atomic mass is 9.62. The minimum atomic E-state index is -0.542. The van der Waals surface area contributed by atoms with Gasteiger partial charge < -0.3 is 4.57 Å². The molecule has 0 radical (unpaired) electrons. The van der Waals surface area contributed by atoms with Gasteiger partial charge in [-0.1, -0.05) is 159 Å². The first-order chi connectivity index (χ1) is 27.2. The van der Waals surface area contributed by atoms with Gasteiger partial charge in [0.05, 0.1) is 33.5 Å². The smallest absolute Gasteiger partial charge is 0.0764 e. The highest BCUT2D eigenvalue weighted by Crippen LogP contribution is 2.61. The average Bonchev–Trinajstić information content (AvgIpc) is 3.59. The van der Waals surface area contributed by atoms with Crippen LogP contribution in [0.25, 0.3) is 33.2 Å². The first-order valence-corrected chi connectivity index (χ1v) is 20.0. The van der Waals surface area contributed by atoms with E-state index in [0.29, 0.717) is 6.54 Å². The maximum Gasteiger partial charge on any atom is 0.0764 e. The number of allylic oxidation sites excluding steroid dienone is 3. The number of para-hydroxylation sites is 3. The largest absolute Gasteiger partial charge is 0.309 e. The fourth-order valence-electron chi connectivity index (χ4n) is 8.12. The van der Waals surface area contributed by atoms with Crippen molar-refractivity contribution < 1.29 is 0 Å². The minimum Gasteiger partial charge on any atom is -0.309 e. The molecule has 0 saturated carbocycles. The highest BCUT2D eigenvalue weighted by Gasteiger charge is 2.49. The first kappa shape index (κ1) is 37.3. The second kappa shape index (κ2) is 16.6. The van der Waals surface area contributed by atoms with Crippen molar-refractivity contribution in [2.45, 2.75) is 48.8 Å². The molecular weight excluding hydrogens is 687 g/mol. The molecule has 9 rings (SSSR count). The standard InChI is InChI=1S/C43H31N3S.C6H10.C2H6/c1-3-45-36(28-15-5-4-6-16-28)27-37(44-2)31-19-14-23-35-42(31)47-40-26-12-9-21-33(40)43(35)32-20-8-11-25-39(32)46-38-24-10-7-17-29(38)30-18-13-22-34(43)41(30)46;1-3-5-6-4-2;1-2/h4-27H,2-3H2,1H3;3-4H,1-2,5-6H2;1-2H3/b37-27-,45-36?;;. The highest BCUT2D eigenvalue weighted by atomic mass is 32.2. The summed E-state index contributed by atoms with van der Waals surface area (Å²) >= 11 is 1.83. The van der Waals surface area contributed by atoms with Crippen molar-refractivity contribution in [3.8, 4) is 5.69 Å². The first-order valence-electron chi connectivity index (χ1n) is 19.2. The summed E-state index contributed by atoms with van der Waals surface area (Å²) in [7, 11) is 0. The number of unbranched alkanes of at least 4 members (excludes halogenated alkanes) is 1. The van der Waals surface area contributed by atoms with Crippen LogP contribution in [-0.4, -0.2) is 23.5 Å². The fraction of sp³-hybridized carbons (Fsp3) is 0.137. The molecule has 3 nitrogen and oxygen atoms in total. The van der Waals surface area contributed by atoms with Gasteiger partial charge in [0.25, 0.3) is 0 Å². The average molecular weight is 734 g/mol. The lowest BCUT2D eigenvalue weighted by Gasteiger charge is -2.45. The van der Waals surface area contributed by atoms with Gasteiger partial charge in [-0.05, 0) is 78.6 Å². The van der Waals surface area contributed by atoms with Gasteiger partial charge in [-0.25, -0.2) is 0 Å². The van der Waals surface area contributed by atoms with Crippen molar-refractivity contribution in [3.05, 3.63) is 204 Å². The molecule has 0 amide bonds. The Hall–Kier alpha value is -5.97. The van der Waals surface area contributed by atoms with E-state index in [1.807, 2.05) is 43.8 Å². The van der Waals surface area contributed by atoms with Crippen LogP contribution in [0.3, 0.4) is 0 Å². The number of aliphatic imine (C=N–C) groups is 2. The number of benzene rings is 6. The van der Waals surface area contributed by atoms with Crippen LogP contribution in [-0.2, 0) is 5.41 Å². The number of aromatic nitrogens is 1. The second-order valence-corrected chi connectivity index (χ2v) is 14.2. The Bertz CT molecular complexity index is 2580. The van der Waals surface area contributed by atoms with Gasteiger partial charge in [0.15, 0.2) is 0 Å². The molecule has 1 aromatic heterocycles. The Morgan fingerprint density at radius 3 is 2.04 bits per heavy atom. The van der Waals surface area contributed by atoms with E-state index in [1.165, 1.54) is 59.5 Å². The van der Waals surface area contributed by atoms with Crippen LogP contribution >= 0.6 is 11.8 Å². The third-order valence-corrected chi connectivity index (χ3v) is 11.5. The van der Waals surface area contributed by atoms with Crippen molar-refractivity contribution in [1.82, 2.24) is 4.57 Å². The number of hydrogen-bond donors (Lipinski definition) is 0. The van der Waals surface area contributed by atoms with Crippen LogP contribution in [0.2, 0.25) is 0 Å². The molecule has 2 aliphatic heterocycles. The Kier molecular flexibility index (Phi) is 11.3. The van der Waals surface area contributed by atoms with Crippen LogP contribution in [0.5, 0.6) is 0 Å². The van der Waals surface area contributed by atoms with Crippen molar-refractivity contribution >= 4 is 51.7 Å². The van der Waals surface area contributed by atoms with E-state index in [-0.39, 0.29) is 0 Å². The lowest BCUT2D eigenvalue weighted by molar-refractivity contribution is 0.688. The molecular formula is C51H47N3S. The van der Waals surface area contributed by atoms with Crippen LogP contribution in [0.1, 0.15) is 67.0 Å². The molecule has 6 aromatic carbocycles. The third kappa shape index (κ3) is 6.31. The number of nitrogens with zero attached hydrogens (tertiary/aromatic N) is 3. The van der Waals surface area contributed by atoms with E-state index < -0.39 is 5.41 Å². The summed E-state index contributed by atoms with van der Waals surface area (Å²) in [4.78, 5) is 12.0. The molecule has 1 atom stereocenters. The maximum atomic E-state index is 4.88. The van der Waals surface area contributed by atoms with E-state index in [4.69, 9.17) is 4.99 Å². The molecule has 0 fully saturated rings. The Morgan fingerprint density at radius 2 is 1.29 bits per heavy atom. The molecule has 0 saturated heterocycles. The van der Waals surface area contributed by atoms with E-state index >= 15 is 0 Å². The zero-order chi connectivity index (χ0) is 38.4. The topological polar surface area (TPSA) is 29.6 Å². The third-order valence-electron chi connectivity index (χ3n) is 10.3. The fourth-order valence-corrected chi connectivity index (χ4v) is 9.43. The highest BCUT2D eigenvalue weighted by molar-refractivity contribution is 7.99. The van der Waals surface area contributed by atoms with Crippen LogP contribution in [0.15, 0.2) is 191 Å². The predicted octanol–water partition coefficient (Wildman–Crippen LogP) is 13.7. The quantitative estimate of drug-likeness (QED) is 0.0869. The van der Waals surface area contributed by atoms with Crippen molar-refractivity contribution in [3.63, 3.8) is 0 Å². The predicted molar refractivity (Wildman–Crippen MR) is 239 cm³/mol. The summed E-state index contributed by atoms with van der Waals surface area (Å²) in [5.41, 5.74) is 12.2. The summed E-state index contributed by atoms with van der Waals surface area (Å²) in [5, 5.41) is 2.55. The Balaban J connectivity index is 0.000000533. The van der Waals surface area contributed by atoms with Crippen molar-refractivity contribution in [2.24, 2.45) is 9.98 Å². The van der Waals surface area contributed by atoms with Gasteiger partial charge in [-0.15, -0.1) is 13.2 Å². The van der Waals surface area contributed by atoms with Gasteiger partial charge in [0.1, 0.15) is 0 Å². The molecule has 2 aliphatic rings. The molecule has 3 heterocycles. The van der Waals surface area contributed by atoms with Crippen molar-refractivity contribution in [1.29, 1.82) is 0 Å². The zero-order valence-corrected chi connectivity index (χ0v) is 32.8. The molecule has 4 heteroatoms. The van der Waals surface area contributed by atoms with Gasteiger partial charge >= 0.3 is 0 Å². The second-order valence-electron chi connectivity index (χ2n) is 13.2. The van der Waals surface area contributed by atoms with Crippen LogP contribution < -0.4 is 0 Å². The van der Waals surface area contributed by atoms with Crippen molar-refractivity contribution in [2.75, 3.05) is 6.54 Å². The number of fused-ring (bicyclic) bond motifs is 11. The molecule has 1 unspecified atom stereocenters. The summed E-state index contributed by atoms with van der Waals surface area (Å²) in [6.45, 7) is 17.9. The summed E-state index contributed by atoms with van der Waals surface area (Å²) < 4.78 is 2.48. The number of hydrogen-bond acceptors (Lipinski definition) is 3. The van der Waals surface area contributed by atoms with Crippen LogP contribution in [0.4, 0.5) is 0 Å². The van der Waals surface area contributed by atoms with E-state index in [1.54, 1.807) is 0 Å². The summed E-state index contributed by atoms with van der Waals surface area (Å²) in [5.74, 6) is 0. The summed E-state index contributed by atoms with van der Waals surface area (Å²) in [6, 6.07) is 50.6. The van der Waals surface area contributed by atoms with Gasteiger partial charge in [0.2, 0.25) is 0 Å². The molecule has 7 aromatic rings. The van der Waals surface area contributed by atoms with Gasteiger partial charge in [0, 0.05) is 32.7 Å². The molecule has 0 bridgehead atoms. The van der Waals surface area contributed by atoms with E-state index in [2.05, 4.69) is 176 Å². The van der Waals surface area contributed by atoms with E-state index in [9.17, 15) is 0 Å². The molecule has 55 heavy (non-hydrogen) atoms.